The van der Waals surface area contributed by atoms with Crippen LogP contribution in [0.15, 0.2) is 18.3 Å². The van der Waals surface area contributed by atoms with Gasteiger partial charge in [-0.15, -0.1) is 0 Å². The molecule has 5 heteroatoms. The van der Waals surface area contributed by atoms with E-state index in [1.165, 1.54) is 12.3 Å². The molecule has 0 aromatic carbocycles. The second-order valence-corrected chi connectivity index (χ2v) is 4.21. The Bertz CT molecular complexity index is 376. The minimum Gasteiger partial charge on any atom is -0.370 e. The lowest BCUT2D eigenvalue weighted by Gasteiger charge is -2.21. The summed E-state index contributed by atoms with van der Waals surface area (Å²) in [7, 11) is 0. The molecule has 1 aromatic heterocycles. The lowest BCUT2D eigenvalue weighted by molar-refractivity contribution is -0.140. The summed E-state index contributed by atoms with van der Waals surface area (Å²) in [4.78, 5) is 5.22. The van der Waals surface area contributed by atoms with Crippen LogP contribution in [-0.4, -0.2) is 18.1 Å². The Labute approximate surface area is 92.1 Å². The van der Waals surface area contributed by atoms with E-state index in [2.05, 4.69) is 4.98 Å². The van der Waals surface area contributed by atoms with Gasteiger partial charge in [0.25, 0.3) is 0 Å². The predicted octanol–water partition coefficient (Wildman–Crippen LogP) is 2.95. The Morgan fingerprint density at radius 2 is 2.19 bits per heavy atom. The van der Waals surface area contributed by atoms with Crippen molar-refractivity contribution in [3.63, 3.8) is 0 Å². The van der Waals surface area contributed by atoms with Gasteiger partial charge in [-0.05, 0) is 24.5 Å². The summed E-state index contributed by atoms with van der Waals surface area (Å²) in [5.74, 6) is 0.446. The third-order valence-corrected chi connectivity index (χ3v) is 2.82. The van der Waals surface area contributed by atoms with Crippen molar-refractivity contribution in [2.45, 2.75) is 19.5 Å². The first-order valence-electron chi connectivity index (χ1n) is 5.25. The molecule has 2 nitrogen and oxygen atoms in total. The van der Waals surface area contributed by atoms with E-state index in [-0.39, 0.29) is 5.69 Å². The summed E-state index contributed by atoms with van der Waals surface area (Å²) in [5, 5.41) is 0. The van der Waals surface area contributed by atoms with Crippen LogP contribution in [0.1, 0.15) is 19.0 Å². The average molecular weight is 230 g/mol. The van der Waals surface area contributed by atoms with E-state index in [0.717, 1.165) is 6.42 Å². The molecule has 0 saturated carbocycles. The van der Waals surface area contributed by atoms with Crippen molar-refractivity contribution in [3.8, 4) is 0 Å². The summed E-state index contributed by atoms with van der Waals surface area (Å²) >= 11 is 0. The average Bonchev–Trinajstić information content (AvgIpc) is 2.64. The van der Waals surface area contributed by atoms with Crippen LogP contribution in [-0.2, 0) is 6.18 Å². The van der Waals surface area contributed by atoms with E-state index in [1.807, 2.05) is 6.92 Å². The third-order valence-electron chi connectivity index (χ3n) is 2.82. The summed E-state index contributed by atoms with van der Waals surface area (Å²) < 4.78 is 38.1. The van der Waals surface area contributed by atoms with Crippen molar-refractivity contribution < 1.29 is 13.2 Å². The molecule has 1 aliphatic heterocycles. The molecule has 1 aliphatic rings. The van der Waals surface area contributed by atoms with Crippen LogP contribution in [0.4, 0.5) is 18.9 Å². The van der Waals surface area contributed by atoms with Gasteiger partial charge in [0.15, 0.2) is 5.69 Å². The molecule has 1 fully saturated rings. The fourth-order valence-electron chi connectivity index (χ4n) is 2.02. The molecule has 1 saturated heterocycles. The first-order chi connectivity index (χ1) is 7.48. The summed E-state index contributed by atoms with van der Waals surface area (Å²) in [5.41, 5.74) is -0.566. The lowest BCUT2D eigenvalue weighted by atomic mass is 10.2. The maximum Gasteiger partial charge on any atom is 0.435 e. The zero-order valence-electron chi connectivity index (χ0n) is 8.96. The number of hydrogen-bond donors (Lipinski definition) is 0. The number of pyridine rings is 1. The molecule has 16 heavy (non-hydrogen) atoms. The molecule has 0 bridgehead atoms. The second-order valence-electron chi connectivity index (χ2n) is 4.21. The Morgan fingerprint density at radius 1 is 1.44 bits per heavy atom. The van der Waals surface area contributed by atoms with Crippen LogP contribution in [0.3, 0.4) is 0 Å². The van der Waals surface area contributed by atoms with Crippen molar-refractivity contribution >= 4 is 5.69 Å². The first-order valence-corrected chi connectivity index (χ1v) is 5.25. The highest BCUT2D eigenvalue weighted by Crippen LogP contribution is 2.36. The summed E-state index contributed by atoms with van der Waals surface area (Å²) in [6, 6.07) is 3.04. The van der Waals surface area contributed by atoms with Crippen molar-refractivity contribution in [3.05, 3.63) is 24.0 Å². The number of halogens is 3. The highest BCUT2D eigenvalue weighted by molar-refractivity contribution is 5.52. The van der Waals surface area contributed by atoms with E-state index >= 15 is 0 Å². The molecule has 0 unspecified atom stereocenters. The first kappa shape index (κ1) is 11.2. The lowest BCUT2D eigenvalue weighted by Crippen LogP contribution is -2.23. The van der Waals surface area contributed by atoms with E-state index in [4.69, 9.17) is 0 Å². The number of rotatable bonds is 1. The molecule has 1 aromatic rings. The van der Waals surface area contributed by atoms with Crippen molar-refractivity contribution in [2.75, 3.05) is 18.0 Å². The van der Waals surface area contributed by atoms with Gasteiger partial charge in [0.2, 0.25) is 0 Å². The molecule has 1 atom stereocenters. The fraction of sp³-hybridized carbons (Fsp3) is 0.545. The number of alkyl halides is 3. The molecule has 0 aliphatic carbocycles. The van der Waals surface area contributed by atoms with Crippen LogP contribution >= 0.6 is 0 Å². The van der Waals surface area contributed by atoms with Crippen LogP contribution in [0.5, 0.6) is 0 Å². The SMILES string of the molecule is C[C@@H]1CCN(c2cccnc2C(F)(F)F)C1. The maximum atomic E-state index is 12.7. The van der Waals surface area contributed by atoms with Crippen molar-refractivity contribution in [1.29, 1.82) is 0 Å². The molecule has 0 N–H and O–H groups in total. The van der Waals surface area contributed by atoms with Crippen molar-refractivity contribution in [2.24, 2.45) is 5.92 Å². The highest BCUT2D eigenvalue weighted by atomic mass is 19.4. The third kappa shape index (κ3) is 2.13. The number of aromatic nitrogens is 1. The molecular weight excluding hydrogens is 217 g/mol. The standard InChI is InChI=1S/C11H13F3N2/c1-8-4-6-16(7-8)9-3-2-5-15-10(9)11(12,13)14/h2-3,5,8H,4,6-7H2,1H3/t8-/m1/s1. The van der Waals surface area contributed by atoms with Gasteiger partial charge in [0, 0.05) is 19.3 Å². The van der Waals surface area contributed by atoms with Gasteiger partial charge >= 0.3 is 6.18 Å². The van der Waals surface area contributed by atoms with Gasteiger partial charge in [0.05, 0.1) is 5.69 Å². The van der Waals surface area contributed by atoms with Gasteiger partial charge < -0.3 is 4.90 Å². The van der Waals surface area contributed by atoms with Crippen molar-refractivity contribution in [1.82, 2.24) is 4.98 Å². The zero-order chi connectivity index (χ0) is 11.8. The van der Waals surface area contributed by atoms with Gasteiger partial charge in [-0.2, -0.15) is 13.2 Å². The van der Waals surface area contributed by atoms with E-state index < -0.39 is 11.9 Å². The number of nitrogens with zero attached hydrogens (tertiary/aromatic N) is 2. The minimum absolute atomic E-state index is 0.208. The summed E-state index contributed by atoms with van der Waals surface area (Å²) in [6.45, 7) is 3.40. The Morgan fingerprint density at radius 3 is 2.75 bits per heavy atom. The van der Waals surface area contributed by atoms with Gasteiger partial charge in [-0.25, -0.2) is 4.98 Å². The van der Waals surface area contributed by atoms with Gasteiger partial charge in [0.1, 0.15) is 0 Å². The Balaban J connectivity index is 2.34. The quantitative estimate of drug-likeness (QED) is 0.737. The topological polar surface area (TPSA) is 16.1 Å². The molecule has 0 spiro atoms. The molecule has 2 rings (SSSR count). The summed E-state index contributed by atoms with van der Waals surface area (Å²) in [6.07, 6.45) is -2.25. The fourth-order valence-corrected chi connectivity index (χ4v) is 2.02. The molecular formula is C11H13F3N2. The molecule has 0 radical (unpaired) electrons. The normalized spacial score (nSPS) is 21.5. The number of anilines is 1. The number of hydrogen-bond acceptors (Lipinski definition) is 2. The molecule has 88 valence electrons. The minimum atomic E-state index is -4.37. The van der Waals surface area contributed by atoms with Gasteiger partial charge in [-0.3, -0.25) is 0 Å². The van der Waals surface area contributed by atoms with Crippen LogP contribution in [0.25, 0.3) is 0 Å². The smallest absolute Gasteiger partial charge is 0.370 e. The molecule has 0 amide bonds. The highest BCUT2D eigenvalue weighted by Gasteiger charge is 2.37. The largest absolute Gasteiger partial charge is 0.435 e. The zero-order valence-corrected chi connectivity index (χ0v) is 8.96. The predicted molar refractivity (Wildman–Crippen MR) is 55.2 cm³/mol. The second kappa shape index (κ2) is 3.96. The maximum absolute atomic E-state index is 12.7. The van der Waals surface area contributed by atoms with E-state index in [1.54, 1.807) is 11.0 Å². The van der Waals surface area contributed by atoms with Crippen LogP contribution in [0.2, 0.25) is 0 Å². The van der Waals surface area contributed by atoms with E-state index in [0.29, 0.717) is 19.0 Å². The van der Waals surface area contributed by atoms with Crippen LogP contribution < -0.4 is 4.90 Å². The Kier molecular flexibility index (Phi) is 2.78. The van der Waals surface area contributed by atoms with Gasteiger partial charge in [-0.1, -0.05) is 6.92 Å². The van der Waals surface area contributed by atoms with Crippen LogP contribution in [0, 0.1) is 5.92 Å². The van der Waals surface area contributed by atoms with E-state index in [9.17, 15) is 13.2 Å². The Hall–Kier alpha value is -1.26. The molecule has 2 heterocycles. The monoisotopic (exact) mass is 230 g/mol.